The van der Waals surface area contributed by atoms with E-state index < -0.39 is 0 Å². The molecule has 0 aliphatic carbocycles. The van der Waals surface area contributed by atoms with Crippen LogP contribution in [0, 0.1) is 5.82 Å². The zero-order valence-corrected chi connectivity index (χ0v) is 11.7. The third kappa shape index (κ3) is 3.62. The number of hydrogen-bond donors (Lipinski definition) is 1. The number of nitrogens with zero attached hydrogens (tertiary/aromatic N) is 1. The SMILES string of the molecule is CN1CCCCC1CCSc1ccc(N)c(F)c1. The summed E-state index contributed by atoms with van der Waals surface area (Å²) in [5.41, 5.74) is 5.69. The Balaban J connectivity index is 1.79. The molecule has 1 aliphatic heterocycles. The zero-order valence-electron chi connectivity index (χ0n) is 10.9. The normalized spacial score (nSPS) is 21.1. The highest BCUT2D eigenvalue weighted by molar-refractivity contribution is 7.99. The van der Waals surface area contributed by atoms with E-state index >= 15 is 0 Å². The minimum Gasteiger partial charge on any atom is -0.396 e. The van der Waals surface area contributed by atoms with Crippen LogP contribution in [0.3, 0.4) is 0 Å². The summed E-state index contributed by atoms with van der Waals surface area (Å²) < 4.78 is 13.3. The van der Waals surface area contributed by atoms with Crippen LogP contribution in [0.25, 0.3) is 0 Å². The molecule has 1 fully saturated rings. The van der Waals surface area contributed by atoms with Crippen molar-refractivity contribution in [1.82, 2.24) is 4.90 Å². The topological polar surface area (TPSA) is 29.3 Å². The van der Waals surface area contributed by atoms with Crippen LogP contribution in [-0.4, -0.2) is 30.3 Å². The second kappa shape index (κ2) is 6.43. The van der Waals surface area contributed by atoms with E-state index in [0.29, 0.717) is 6.04 Å². The molecule has 4 heteroatoms. The van der Waals surface area contributed by atoms with Crippen molar-refractivity contribution in [3.8, 4) is 0 Å². The van der Waals surface area contributed by atoms with Gasteiger partial charge in [-0.25, -0.2) is 4.39 Å². The highest BCUT2D eigenvalue weighted by Gasteiger charge is 2.18. The lowest BCUT2D eigenvalue weighted by atomic mass is 10.0. The van der Waals surface area contributed by atoms with Gasteiger partial charge < -0.3 is 10.6 Å². The van der Waals surface area contributed by atoms with Gasteiger partial charge in [0.1, 0.15) is 5.82 Å². The van der Waals surface area contributed by atoms with Gasteiger partial charge >= 0.3 is 0 Å². The number of anilines is 1. The van der Waals surface area contributed by atoms with E-state index in [-0.39, 0.29) is 11.5 Å². The van der Waals surface area contributed by atoms with Crippen LogP contribution >= 0.6 is 11.8 Å². The number of nitrogen functional groups attached to an aromatic ring is 1. The van der Waals surface area contributed by atoms with Crippen LogP contribution in [0.5, 0.6) is 0 Å². The zero-order chi connectivity index (χ0) is 13.0. The van der Waals surface area contributed by atoms with Crippen LogP contribution in [0.1, 0.15) is 25.7 Å². The number of nitrogens with two attached hydrogens (primary N) is 1. The summed E-state index contributed by atoms with van der Waals surface area (Å²) in [6, 6.07) is 5.77. The van der Waals surface area contributed by atoms with Crippen molar-refractivity contribution in [2.75, 3.05) is 25.1 Å². The molecule has 2 N–H and O–H groups in total. The van der Waals surface area contributed by atoms with Crippen LogP contribution in [0.4, 0.5) is 10.1 Å². The van der Waals surface area contributed by atoms with Crippen LogP contribution in [0.2, 0.25) is 0 Å². The summed E-state index contributed by atoms with van der Waals surface area (Å²) in [5, 5.41) is 0. The highest BCUT2D eigenvalue weighted by Crippen LogP contribution is 2.25. The fourth-order valence-electron chi connectivity index (χ4n) is 2.42. The molecular weight excluding hydrogens is 247 g/mol. The fourth-order valence-corrected chi connectivity index (χ4v) is 3.40. The van der Waals surface area contributed by atoms with Gasteiger partial charge in [-0.3, -0.25) is 0 Å². The van der Waals surface area contributed by atoms with E-state index in [1.165, 1.54) is 38.3 Å². The maximum atomic E-state index is 13.3. The predicted molar refractivity (Wildman–Crippen MR) is 76.4 cm³/mol. The first-order valence-corrected chi connectivity index (χ1v) is 7.53. The molecule has 0 amide bonds. The third-order valence-corrected chi connectivity index (χ3v) is 4.64. The molecule has 1 aromatic carbocycles. The molecule has 1 heterocycles. The molecule has 1 aliphatic rings. The smallest absolute Gasteiger partial charge is 0.147 e. The summed E-state index contributed by atoms with van der Waals surface area (Å²) in [4.78, 5) is 3.42. The number of benzene rings is 1. The summed E-state index contributed by atoms with van der Waals surface area (Å²) in [5.74, 6) is 0.730. The van der Waals surface area contributed by atoms with Gasteiger partial charge in [-0.1, -0.05) is 6.42 Å². The van der Waals surface area contributed by atoms with Crippen LogP contribution in [0.15, 0.2) is 23.1 Å². The van der Waals surface area contributed by atoms with Crippen molar-refractivity contribution < 1.29 is 4.39 Å². The number of halogens is 1. The highest BCUT2D eigenvalue weighted by atomic mass is 32.2. The molecule has 0 bridgehead atoms. The van der Waals surface area contributed by atoms with Gasteiger partial charge in [0.15, 0.2) is 0 Å². The average molecular weight is 268 g/mol. The largest absolute Gasteiger partial charge is 0.396 e. The first-order chi connectivity index (χ1) is 8.66. The Bertz CT molecular complexity index is 397. The minimum atomic E-state index is -0.310. The predicted octanol–water partition coefficient (Wildman–Crippen LogP) is 3.37. The van der Waals surface area contributed by atoms with Crippen molar-refractivity contribution in [3.05, 3.63) is 24.0 Å². The van der Waals surface area contributed by atoms with Crippen molar-refractivity contribution >= 4 is 17.4 Å². The quantitative estimate of drug-likeness (QED) is 0.670. The van der Waals surface area contributed by atoms with E-state index in [9.17, 15) is 4.39 Å². The van der Waals surface area contributed by atoms with Crippen molar-refractivity contribution in [3.63, 3.8) is 0 Å². The second-order valence-electron chi connectivity index (χ2n) is 4.95. The van der Waals surface area contributed by atoms with Gasteiger partial charge in [0, 0.05) is 10.9 Å². The summed E-state index contributed by atoms with van der Waals surface area (Å²) in [6.45, 7) is 1.21. The Morgan fingerprint density at radius 2 is 2.28 bits per heavy atom. The molecule has 18 heavy (non-hydrogen) atoms. The monoisotopic (exact) mass is 268 g/mol. The molecule has 0 spiro atoms. The molecule has 2 nitrogen and oxygen atoms in total. The lowest BCUT2D eigenvalue weighted by molar-refractivity contribution is 0.182. The molecule has 0 saturated carbocycles. The number of rotatable bonds is 4. The van der Waals surface area contributed by atoms with Gasteiger partial charge in [0.25, 0.3) is 0 Å². The lowest BCUT2D eigenvalue weighted by Gasteiger charge is -2.32. The second-order valence-corrected chi connectivity index (χ2v) is 6.12. The number of piperidine rings is 1. The first-order valence-electron chi connectivity index (χ1n) is 6.55. The Labute approximate surface area is 113 Å². The molecular formula is C14H21FN2S. The Morgan fingerprint density at radius 3 is 3.00 bits per heavy atom. The molecule has 1 atom stereocenters. The van der Waals surface area contributed by atoms with Gasteiger partial charge in [-0.05, 0) is 56.8 Å². The molecule has 1 saturated heterocycles. The molecule has 0 radical (unpaired) electrons. The summed E-state index contributed by atoms with van der Waals surface area (Å²) >= 11 is 1.72. The minimum absolute atomic E-state index is 0.228. The van der Waals surface area contributed by atoms with E-state index in [4.69, 9.17) is 5.73 Å². The third-order valence-electron chi connectivity index (χ3n) is 3.61. The average Bonchev–Trinajstić information content (AvgIpc) is 2.36. The maximum absolute atomic E-state index is 13.3. The van der Waals surface area contributed by atoms with Crippen molar-refractivity contribution in [2.45, 2.75) is 36.6 Å². The molecule has 1 aromatic rings. The Kier molecular flexibility index (Phi) is 4.89. The summed E-state index contributed by atoms with van der Waals surface area (Å²) in [6.07, 6.45) is 5.14. The number of thioether (sulfide) groups is 1. The number of hydrogen-bond acceptors (Lipinski definition) is 3. The van der Waals surface area contributed by atoms with Gasteiger partial charge in [0.2, 0.25) is 0 Å². The van der Waals surface area contributed by atoms with Crippen LogP contribution in [-0.2, 0) is 0 Å². The van der Waals surface area contributed by atoms with E-state index in [1.54, 1.807) is 17.8 Å². The molecule has 2 rings (SSSR count). The molecule has 100 valence electrons. The molecule has 1 unspecified atom stereocenters. The van der Waals surface area contributed by atoms with Crippen molar-refractivity contribution in [1.29, 1.82) is 0 Å². The number of likely N-dealkylation sites (tertiary alicyclic amines) is 1. The van der Waals surface area contributed by atoms with Crippen molar-refractivity contribution in [2.24, 2.45) is 0 Å². The Hall–Kier alpha value is -0.740. The van der Waals surface area contributed by atoms with Gasteiger partial charge in [-0.2, -0.15) is 0 Å². The first kappa shape index (κ1) is 13.7. The van der Waals surface area contributed by atoms with Gasteiger partial charge in [0.05, 0.1) is 5.69 Å². The standard InChI is InChI=1S/C14H21FN2S/c1-17-8-3-2-4-11(17)7-9-18-12-5-6-14(16)13(15)10-12/h5-6,10-11H,2-4,7-9,16H2,1H3. The fraction of sp³-hybridized carbons (Fsp3) is 0.571. The Morgan fingerprint density at radius 1 is 1.44 bits per heavy atom. The summed E-state index contributed by atoms with van der Waals surface area (Å²) in [7, 11) is 2.21. The van der Waals surface area contributed by atoms with E-state index in [0.717, 1.165) is 10.6 Å². The molecule has 0 aromatic heterocycles. The van der Waals surface area contributed by atoms with Crippen LogP contribution < -0.4 is 5.73 Å². The van der Waals surface area contributed by atoms with Gasteiger partial charge in [-0.15, -0.1) is 11.8 Å². The maximum Gasteiger partial charge on any atom is 0.147 e. The van der Waals surface area contributed by atoms with E-state index in [2.05, 4.69) is 11.9 Å². The lowest BCUT2D eigenvalue weighted by Crippen LogP contribution is -2.36. The van der Waals surface area contributed by atoms with E-state index in [1.807, 2.05) is 6.07 Å².